The Labute approximate surface area is 151 Å². The number of aromatic nitrogens is 2. The number of rotatable bonds is 7. The van der Waals surface area contributed by atoms with E-state index in [4.69, 9.17) is 4.74 Å². The number of hydrogen-bond donors (Lipinski definition) is 2. The van der Waals surface area contributed by atoms with Crippen molar-refractivity contribution in [3.8, 4) is 17.0 Å². The fourth-order valence-corrected chi connectivity index (χ4v) is 2.36. The van der Waals surface area contributed by atoms with Crippen molar-refractivity contribution in [3.05, 3.63) is 76.6 Å². The number of benzene rings is 2. The van der Waals surface area contributed by atoms with Crippen molar-refractivity contribution in [1.29, 1.82) is 0 Å². The molecule has 0 atom stereocenters. The summed E-state index contributed by atoms with van der Waals surface area (Å²) in [5.41, 5.74) is 4.82. The smallest absolute Gasteiger partial charge is 0.252 e. The first-order valence-corrected chi connectivity index (χ1v) is 8.44. The Balaban J connectivity index is 1.77. The van der Waals surface area contributed by atoms with Crippen molar-refractivity contribution in [2.45, 2.75) is 13.3 Å². The summed E-state index contributed by atoms with van der Waals surface area (Å²) in [5, 5.41) is 4.17. The van der Waals surface area contributed by atoms with Gasteiger partial charge in [0.05, 0.1) is 18.5 Å². The van der Waals surface area contributed by atoms with Gasteiger partial charge in [0.2, 0.25) is 5.95 Å². The van der Waals surface area contributed by atoms with Crippen molar-refractivity contribution < 1.29 is 4.74 Å². The zero-order valence-corrected chi connectivity index (χ0v) is 14.5. The van der Waals surface area contributed by atoms with Crippen LogP contribution in [0.5, 0.6) is 5.75 Å². The van der Waals surface area contributed by atoms with E-state index in [0.717, 1.165) is 23.3 Å². The van der Waals surface area contributed by atoms with Crippen LogP contribution in [-0.2, 0) is 0 Å². The third-order valence-corrected chi connectivity index (χ3v) is 3.57. The Morgan fingerprint density at radius 3 is 2.73 bits per heavy atom. The summed E-state index contributed by atoms with van der Waals surface area (Å²) in [6, 6.07) is 18.6. The maximum Gasteiger partial charge on any atom is 0.252 e. The Bertz CT molecular complexity index is 936. The van der Waals surface area contributed by atoms with Gasteiger partial charge in [-0.15, -0.1) is 0 Å². The fraction of sp³-hybridized carbons (Fsp3) is 0.150. The first-order valence-electron chi connectivity index (χ1n) is 8.44. The van der Waals surface area contributed by atoms with Crippen LogP contribution in [-0.4, -0.2) is 22.8 Å². The van der Waals surface area contributed by atoms with Crippen LogP contribution in [0, 0.1) is 0 Å². The van der Waals surface area contributed by atoms with E-state index in [1.807, 2.05) is 54.6 Å². The lowest BCUT2D eigenvalue weighted by atomic mass is 10.1. The van der Waals surface area contributed by atoms with Crippen LogP contribution in [0.25, 0.3) is 11.3 Å². The number of ether oxygens (including phenoxy) is 1. The van der Waals surface area contributed by atoms with Gasteiger partial charge in [0, 0.05) is 17.2 Å². The van der Waals surface area contributed by atoms with Crippen LogP contribution in [0.1, 0.15) is 18.9 Å². The van der Waals surface area contributed by atoms with Gasteiger partial charge in [0.25, 0.3) is 5.56 Å². The van der Waals surface area contributed by atoms with Gasteiger partial charge in [0.15, 0.2) is 0 Å². The van der Waals surface area contributed by atoms with Crippen molar-refractivity contribution in [2.24, 2.45) is 5.10 Å². The summed E-state index contributed by atoms with van der Waals surface area (Å²) in [6.07, 6.45) is 2.57. The lowest BCUT2D eigenvalue weighted by molar-refractivity contribution is 0.317. The van der Waals surface area contributed by atoms with Gasteiger partial charge in [-0.3, -0.25) is 9.78 Å². The molecule has 0 aliphatic heterocycles. The van der Waals surface area contributed by atoms with Crippen LogP contribution < -0.4 is 15.7 Å². The molecular weight excluding hydrogens is 328 g/mol. The summed E-state index contributed by atoms with van der Waals surface area (Å²) in [6.45, 7) is 2.70. The molecule has 0 saturated heterocycles. The van der Waals surface area contributed by atoms with E-state index < -0.39 is 0 Å². The standard InChI is InChI=1S/C20H20N4O2/c1-2-12-26-18-11-7-6-10-16(18)14-21-24-20-22-17(13-19(25)23-20)15-8-4-3-5-9-15/h3-11,13-14H,2,12H2,1H3,(H2,22,23,24,25)/b21-14-. The predicted molar refractivity (Wildman–Crippen MR) is 104 cm³/mol. The minimum Gasteiger partial charge on any atom is -0.493 e. The zero-order valence-electron chi connectivity index (χ0n) is 14.5. The van der Waals surface area contributed by atoms with E-state index in [1.54, 1.807) is 6.21 Å². The molecule has 0 spiro atoms. The second-order valence-corrected chi connectivity index (χ2v) is 5.60. The van der Waals surface area contributed by atoms with Gasteiger partial charge in [0.1, 0.15) is 5.75 Å². The average molecular weight is 348 g/mol. The van der Waals surface area contributed by atoms with E-state index in [1.165, 1.54) is 6.07 Å². The normalized spacial score (nSPS) is 10.8. The van der Waals surface area contributed by atoms with Gasteiger partial charge in [-0.2, -0.15) is 5.10 Å². The number of nitrogens with zero attached hydrogens (tertiary/aromatic N) is 2. The molecule has 0 aliphatic carbocycles. The van der Waals surface area contributed by atoms with Gasteiger partial charge < -0.3 is 4.74 Å². The number of hydrazone groups is 1. The Kier molecular flexibility index (Phi) is 5.77. The average Bonchev–Trinajstić information content (AvgIpc) is 2.67. The van der Waals surface area contributed by atoms with Crippen molar-refractivity contribution in [1.82, 2.24) is 9.97 Å². The van der Waals surface area contributed by atoms with Crippen molar-refractivity contribution in [3.63, 3.8) is 0 Å². The highest BCUT2D eigenvalue weighted by Gasteiger charge is 2.03. The quantitative estimate of drug-likeness (QED) is 0.504. The summed E-state index contributed by atoms with van der Waals surface area (Å²) >= 11 is 0. The van der Waals surface area contributed by atoms with E-state index in [2.05, 4.69) is 27.4 Å². The first-order chi connectivity index (χ1) is 12.8. The fourth-order valence-electron chi connectivity index (χ4n) is 2.36. The highest BCUT2D eigenvalue weighted by molar-refractivity contribution is 5.83. The maximum atomic E-state index is 11.9. The molecule has 1 heterocycles. The van der Waals surface area contributed by atoms with Gasteiger partial charge >= 0.3 is 0 Å². The van der Waals surface area contributed by atoms with Crippen LogP contribution in [0.2, 0.25) is 0 Å². The molecule has 3 aromatic rings. The van der Waals surface area contributed by atoms with Crippen molar-refractivity contribution in [2.75, 3.05) is 12.0 Å². The molecular formula is C20H20N4O2. The second-order valence-electron chi connectivity index (χ2n) is 5.60. The molecule has 2 aromatic carbocycles. The van der Waals surface area contributed by atoms with E-state index in [-0.39, 0.29) is 11.5 Å². The first kappa shape index (κ1) is 17.4. The van der Waals surface area contributed by atoms with Gasteiger partial charge in [-0.05, 0) is 18.6 Å². The maximum absolute atomic E-state index is 11.9. The molecule has 0 bridgehead atoms. The molecule has 0 radical (unpaired) electrons. The van der Waals surface area contributed by atoms with Crippen LogP contribution in [0.3, 0.4) is 0 Å². The van der Waals surface area contributed by atoms with E-state index in [0.29, 0.717) is 12.3 Å². The highest BCUT2D eigenvalue weighted by atomic mass is 16.5. The predicted octanol–water partition coefficient (Wildman–Crippen LogP) is 3.67. The lowest BCUT2D eigenvalue weighted by Crippen LogP contribution is -2.10. The highest BCUT2D eigenvalue weighted by Crippen LogP contribution is 2.17. The molecule has 0 fully saturated rings. The zero-order chi connectivity index (χ0) is 18.2. The molecule has 26 heavy (non-hydrogen) atoms. The van der Waals surface area contributed by atoms with Gasteiger partial charge in [-0.25, -0.2) is 10.4 Å². The van der Waals surface area contributed by atoms with Crippen LogP contribution >= 0.6 is 0 Å². The Hall–Kier alpha value is -3.41. The minimum absolute atomic E-state index is 0.247. The van der Waals surface area contributed by atoms with E-state index in [9.17, 15) is 4.79 Å². The summed E-state index contributed by atoms with van der Waals surface area (Å²) in [7, 11) is 0. The third kappa shape index (κ3) is 4.57. The molecule has 0 amide bonds. The third-order valence-electron chi connectivity index (χ3n) is 3.57. The number of aromatic amines is 1. The monoisotopic (exact) mass is 348 g/mol. The lowest BCUT2D eigenvalue weighted by Gasteiger charge is -2.07. The number of H-pyrrole nitrogens is 1. The van der Waals surface area contributed by atoms with Gasteiger partial charge in [-0.1, -0.05) is 49.4 Å². The Morgan fingerprint density at radius 1 is 1.15 bits per heavy atom. The number of anilines is 1. The van der Waals surface area contributed by atoms with Crippen LogP contribution in [0.15, 0.2) is 70.6 Å². The largest absolute Gasteiger partial charge is 0.493 e. The molecule has 0 aliphatic rings. The molecule has 132 valence electrons. The second kappa shape index (κ2) is 8.62. The summed E-state index contributed by atoms with van der Waals surface area (Å²) in [4.78, 5) is 18.9. The molecule has 3 rings (SSSR count). The summed E-state index contributed by atoms with van der Waals surface area (Å²) in [5.74, 6) is 1.04. The van der Waals surface area contributed by atoms with E-state index >= 15 is 0 Å². The molecule has 1 aromatic heterocycles. The number of para-hydroxylation sites is 1. The molecule has 0 saturated carbocycles. The molecule has 0 unspecified atom stereocenters. The molecule has 6 nitrogen and oxygen atoms in total. The Morgan fingerprint density at radius 2 is 1.92 bits per heavy atom. The SMILES string of the molecule is CCCOc1ccccc1/C=N\Nc1nc(-c2ccccc2)cc(=O)[nH]1. The number of hydrogen-bond acceptors (Lipinski definition) is 5. The van der Waals surface area contributed by atoms with Crippen LogP contribution in [0.4, 0.5) is 5.95 Å². The summed E-state index contributed by atoms with van der Waals surface area (Å²) < 4.78 is 5.69. The molecule has 6 heteroatoms. The minimum atomic E-state index is -0.247. The van der Waals surface area contributed by atoms with Crippen molar-refractivity contribution >= 4 is 12.2 Å². The topological polar surface area (TPSA) is 79.4 Å². The number of nitrogens with one attached hydrogen (secondary N) is 2. The molecule has 2 N–H and O–H groups in total.